The van der Waals surface area contributed by atoms with Gasteiger partial charge >= 0.3 is 12.1 Å². The van der Waals surface area contributed by atoms with Crippen LogP contribution in [0, 0.1) is 5.82 Å². The van der Waals surface area contributed by atoms with Crippen LogP contribution in [0.1, 0.15) is 24.8 Å². The van der Waals surface area contributed by atoms with Crippen molar-refractivity contribution in [3.8, 4) is 0 Å². The average Bonchev–Trinajstić information content (AvgIpc) is 2.74. The highest BCUT2D eigenvalue weighted by Crippen LogP contribution is 2.48. The minimum atomic E-state index is -0.377. The van der Waals surface area contributed by atoms with Crippen molar-refractivity contribution < 1.29 is 19.1 Å². The third-order valence-corrected chi connectivity index (χ3v) is 5.79. The van der Waals surface area contributed by atoms with Crippen molar-refractivity contribution in [2.24, 2.45) is 0 Å². The number of likely N-dealkylation sites (tertiary alicyclic amines) is 1. The first-order valence-electron chi connectivity index (χ1n) is 10.1. The summed E-state index contributed by atoms with van der Waals surface area (Å²) in [7, 11) is 0. The van der Waals surface area contributed by atoms with Gasteiger partial charge in [0.25, 0.3) is 0 Å². The number of carbonyl (C=O) groups excluding carboxylic acids is 2. The zero-order valence-electron chi connectivity index (χ0n) is 16.7. The molecule has 0 bridgehead atoms. The number of aliphatic hydroxyl groups excluding tert-OH is 1. The van der Waals surface area contributed by atoms with Crippen LogP contribution in [0.3, 0.4) is 0 Å². The molecule has 0 aromatic heterocycles. The van der Waals surface area contributed by atoms with Crippen LogP contribution in [0.5, 0.6) is 0 Å². The van der Waals surface area contributed by atoms with Gasteiger partial charge in [-0.25, -0.2) is 14.0 Å². The van der Waals surface area contributed by atoms with Crippen molar-refractivity contribution in [2.45, 2.75) is 31.3 Å². The molecule has 2 aliphatic rings. The van der Waals surface area contributed by atoms with Gasteiger partial charge in [0.15, 0.2) is 0 Å². The number of hydrogen-bond acceptors (Lipinski definition) is 3. The fourth-order valence-corrected chi connectivity index (χ4v) is 4.41. The summed E-state index contributed by atoms with van der Waals surface area (Å²) >= 11 is 0. The SMILES string of the molecule is CCCNC(=O)N1[C@@H]2CN(C(=O)Nc3ccc(F)cc3)c3ccccc3[C@@H]2[C@@H]1CO. The van der Waals surface area contributed by atoms with Gasteiger partial charge in [-0.05, 0) is 42.3 Å². The lowest BCUT2D eigenvalue weighted by molar-refractivity contribution is -0.00673. The Morgan fingerprint density at radius 3 is 2.57 bits per heavy atom. The number of hydrogen-bond donors (Lipinski definition) is 3. The van der Waals surface area contributed by atoms with E-state index in [2.05, 4.69) is 10.6 Å². The van der Waals surface area contributed by atoms with Crippen molar-refractivity contribution in [1.29, 1.82) is 0 Å². The van der Waals surface area contributed by atoms with E-state index in [4.69, 9.17) is 0 Å². The zero-order chi connectivity index (χ0) is 21.3. The number of para-hydroxylation sites is 1. The third kappa shape index (κ3) is 3.47. The van der Waals surface area contributed by atoms with Crippen LogP contribution in [0.15, 0.2) is 48.5 Å². The summed E-state index contributed by atoms with van der Waals surface area (Å²) in [6, 6.07) is 12.0. The molecule has 158 valence electrons. The minimum absolute atomic E-state index is 0.0338. The van der Waals surface area contributed by atoms with Gasteiger partial charge in [0.1, 0.15) is 5.82 Å². The lowest BCUT2D eigenvalue weighted by Crippen LogP contribution is -2.72. The van der Waals surface area contributed by atoms with Crippen LogP contribution in [0.4, 0.5) is 25.4 Å². The second-order valence-electron chi connectivity index (χ2n) is 7.59. The number of aliphatic hydroxyl groups is 1. The van der Waals surface area contributed by atoms with E-state index in [-0.39, 0.29) is 42.5 Å². The predicted molar refractivity (Wildman–Crippen MR) is 112 cm³/mol. The molecule has 7 nitrogen and oxygen atoms in total. The van der Waals surface area contributed by atoms with Crippen LogP contribution >= 0.6 is 0 Å². The van der Waals surface area contributed by atoms with Crippen molar-refractivity contribution in [1.82, 2.24) is 10.2 Å². The summed E-state index contributed by atoms with van der Waals surface area (Å²) in [5, 5.41) is 15.6. The summed E-state index contributed by atoms with van der Waals surface area (Å²) in [6.07, 6.45) is 0.812. The van der Waals surface area contributed by atoms with Gasteiger partial charge in [0, 0.05) is 30.4 Å². The van der Waals surface area contributed by atoms with E-state index in [9.17, 15) is 19.1 Å². The molecule has 0 radical (unpaired) electrons. The molecule has 30 heavy (non-hydrogen) atoms. The number of carbonyl (C=O) groups is 2. The molecule has 2 aromatic carbocycles. The molecule has 0 saturated carbocycles. The van der Waals surface area contributed by atoms with Gasteiger partial charge in [-0.15, -0.1) is 0 Å². The van der Waals surface area contributed by atoms with Crippen molar-refractivity contribution >= 4 is 23.4 Å². The minimum Gasteiger partial charge on any atom is -0.394 e. The Labute approximate surface area is 174 Å². The Kier molecular flexibility index (Phi) is 5.59. The normalized spacial score (nSPS) is 21.9. The largest absolute Gasteiger partial charge is 0.394 e. The van der Waals surface area contributed by atoms with Crippen LogP contribution in [-0.4, -0.2) is 53.8 Å². The van der Waals surface area contributed by atoms with Crippen molar-refractivity contribution in [3.63, 3.8) is 0 Å². The monoisotopic (exact) mass is 412 g/mol. The molecule has 3 atom stereocenters. The third-order valence-electron chi connectivity index (χ3n) is 5.79. The van der Waals surface area contributed by atoms with Gasteiger partial charge in [0.2, 0.25) is 0 Å². The zero-order valence-corrected chi connectivity index (χ0v) is 16.7. The number of amides is 4. The van der Waals surface area contributed by atoms with Gasteiger partial charge in [-0.3, -0.25) is 4.90 Å². The number of halogens is 1. The van der Waals surface area contributed by atoms with E-state index in [0.717, 1.165) is 17.7 Å². The van der Waals surface area contributed by atoms with Crippen LogP contribution in [-0.2, 0) is 0 Å². The van der Waals surface area contributed by atoms with Gasteiger partial charge < -0.3 is 20.6 Å². The van der Waals surface area contributed by atoms with E-state index in [0.29, 0.717) is 18.8 Å². The van der Waals surface area contributed by atoms with Crippen LogP contribution in [0.2, 0.25) is 0 Å². The summed E-state index contributed by atoms with van der Waals surface area (Å²) in [6.45, 7) is 2.69. The highest BCUT2D eigenvalue weighted by atomic mass is 19.1. The molecule has 4 rings (SSSR count). The lowest BCUT2D eigenvalue weighted by atomic mass is 9.72. The molecule has 2 heterocycles. The summed E-state index contributed by atoms with van der Waals surface area (Å²) < 4.78 is 13.2. The predicted octanol–water partition coefficient (Wildman–Crippen LogP) is 3.13. The van der Waals surface area contributed by atoms with Gasteiger partial charge in [-0.2, -0.15) is 0 Å². The highest BCUT2D eigenvalue weighted by Gasteiger charge is 2.55. The quantitative estimate of drug-likeness (QED) is 0.721. The molecule has 0 unspecified atom stereocenters. The highest BCUT2D eigenvalue weighted by molar-refractivity contribution is 6.03. The number of benzene rings is 2. The van der Waals surface area contributed by atoms with Gasteiger partial charge in [0.05, 0.1) is 18.7 Å². The molecular weight excluding hydrogens is 387 g/mol. The fraction of sp³-hybridized carbons (Fsp3) is 0.364. The molecule has 0 aliphatic carbocycles. The Morgan fingerprint density at radius 1 is 1.13 bits per heavy atom. The molecule has 8 heteroatoms. The number of rotatable bonds is 4. The van der Waals surface area contributed by atoms with E-state index in [1.807, 2.05) is 31.2 Å². The molecule has 0 spiro atoms. The summed E-state index contributed by atoms with van der Waals surface area (Å²) in [5.41, 5.74) is 2.17. The topological polar surface area (TPSA) is 84.9 Å². The molecule has 3 N–H and O–H groups in total. The Bertz CT molecular complexity index is 936. The Balaban J connectivity index is 1.61. The molecule has 2 aliphatic heterocycles. The van der Waals surface area contributed by atoms with E-state index in [1.165, 1.54) is 24.3 Å². The smallest absolute Gasteiger partial charge is 0.326 e. The van der Waals surface area contributed by atoms with E-state index in [1.54, 1.807) is 9.80 Å². The maximum Gasteiger partial charge on any atom is 0.326 e. The standard InChI is InChI=1S/C22H25FN4O3/c1-2-11-24-21(29)27-18-12-26(22(30)25-15-9-7-14(23)8-10-15)17-6-4-3-5-16(17)20(18)19(27)13-28/h3-10,18-20,28H,2,11-13H2,1H3,(H,24,29)(H,25,30)/t18-,19+,20+/m1/s1. The second-order valence-corrected chi connectivity index (χ2v) is 7.59. The molecular formula is C22H25FN4O3. The second kappa shape index (κ2) is 8.31. The Morgan fingerprint density at radius 2 is 1.87 bits per heavy atom. The van der Waals surface area contributed by atoms with Crippen LogP contribution in [0.25, 0.3) is 0 Å². The summed E-state index contributed by atoms with van der Waals surface area (Å²) in [4.78, 5) is 29.0. The molecule has 1 fully saturated rings. The van der Waals surface area contributed by atoms with E-state index < -0.39 is 0 Å². The summed E-state index contributed by atoms with van der Waals surface area (Å²) in [5.74, 6) is -0.411. The Hall–Kier alpha value is -3.13. The van der Waals surface area contributed by atoms with Crippen molar-refractivity contribution in [3.05, 3.63) is 59.9 Å². The van der Waals surface area contributed by atoms with E-state index >= 15 is 0 Å². The molecule has 2 aromatic rings. The first kappa shape index (κ1) is 20.2. The number of nitrogens with one attached hydrogen (secondary N) is 2. The van der Waals surface area contributed by atoms with Gasteiger partial charge in [-0.1, -0.05) is 25.1 Å². The average molecular weight is 412 g/mol. The number of nitrogens with zero attached hydrogens (tertiary/aromatic N) is 2. The molecule has 4 amide bonds. The number of fused-ring (bicyclic) bond motifs is 3. The molecule has 1 saturated heterocycles. The van der Waals surface area contributed by atoms with Crippen molar-refractivity contribution in [2.75, 3.05) is 29.9 Å². The first-order valence-corrected chi connectivity index (χ1v) is 10.1. The fourth-order valence-electron chi connectivity index (χ4n) is 4.41. The number of urea groups is 2. The first-order chi connectivity index (χ1) is 14.5. The number of anilines is 2. The maximum absolute atomic E-state index is 13.2. The van der Waals surface area contributed by atoms with Crippen LogP contribution < -0.4 is 15.5 Å². The maximum atomic E-state index is 13.2. The lowest BCUT2D eigenvalue weighted by Gasteiger charge is -2.58.